The molecule has 0 spiro atoms. The van der Waals surface area contributed by atoms with Gasteiger partial charge in [0.2, 0.25) is 0 Å². The van der Waals surface area contributed by atoms with Gasteiger partial charge in [0, 0.05) is 18.0 Å². The van der Waals surface area contributed by atoms with Crippen molar-refractivity contribution < 1.29 is 14.2 Å². The second kappa shape index (κ2) is 8.55. The van der Waals surface area contributed by atoms with Gasteiger partial charge in [0.25, 0.3) is 0 Å². The highest BCUT2D eigenvalue weighted by Gasteiger charge is 2.33. The number of fused-ring (bicyclic) bond motifs is 1. The fraction of sp³-hybridized carbons (Fsp3) is 0.560. The number of ether oxygens (including phenoxy) is 1. The Balaban J connectivity index is 1.31. The summed E-state index contributed by atoms with van der Waals surface area (Å²) >= 11 is 0. The van der Waals surface area contributed by atoms with Crippen LogP contribution in [0.1, 0.15) is 35.7 Å². The van der Waals surface area contributed by atoms with E-state index in [-0.39, 0.29) is 13.1 Å². The normalized spacial score (nSPS) is 24.8. The lowest BCUT2D eigenvalue weighted by molar-refractivity contribution is -0.0712. The van der Waals surface area contributed by atoms with Gasteiger partial charge in [-0.15, -0.1) is 0 Å². The molecule has 8 nitrogen and oxygen atoms in total. The molecule has 180 valence electrons. The van der Waals surface area contributed by atoms with Gasteiger partial charge in [-0.25, -0.2) is 19.0 Å². The van der Waals surface area contributed by atoms with E-state index in [2.05, 4.69) is 39.0 Å². The van der Waals surface area contributed by atoms with E-state index in [9.17, 15) is 9.50 Å². The van der Waals surface area contributed by atoms with E-state index in [1.54, 1.807) is 4.90 Å². The summed E-state index contributed by atoms with van der Waals surface area (Å²) in [5.41, 5.74) is 3.70. The first-order chi connectivity index (χ1) is 16.5. The van der Waals surface area contributed by atoms with Gasteiger partial charge in [0.15, 0.2) is 5.82 Å². The van der Waals surface area contributed by atoms with E-state index in [0.717, 1.165) is 50.0 Å². The minimum Gasteiger partial charge on any atom is -0.388 e. The molecule has 3 fully saturated rings. The standard InChI is InChI=1S/C25H31FN6O2/c1-15-7-18-10-27-32(25-9-24(28-16(2)29-25)31-11-21(26)23(33)12-31)22(18)8-20(15)17-3-5-30(6-4-17)19-13-34-14-19/h7-10,17,19,21,23,33H,3-6,11-14H2,1-2H3/t21-,23-/m0/s1. The van der Waals surface area contributed by atoms with Crippen molar-refractivity contribution in [3.05, 3.63) is 41.3 Å². The predicted molar refractivity (Wildman–Crippen MR) is 127 cm³/mol. The number of hydrogen-bond donors (Lipinski definition) is 1. The number of nitrogens with zero attached hydrogens (tertiary/aromatic N) is 6. The SMILES string of the molecule is Cc1nc(N2C[C@H](O)[C@@H](F)C2)cc(-n2ncc3cc(C)c(C4CCN(C5COC5)CC4)cc32)n1. The number of aliphatic hydroxyl groups is 1. The van der Waals surface area contributed by atoms with Gasteiger partial charge in [-0.05, 0) is 69.0 Å². The lowest BCUT2D eigenvalue weighted by Gasteiger charge is -2.41. The summed E-state index contributed by atoms with van der Waals surface area (Å²) in [6, 6.07) is 6.94. The zero-order chi connectivity index (χ0) is 23.4. The fourth-order valence-corrected chi connectivity index (χ4v) is 5.58. The summed E-state index contributed by atoms with van der Waals surface area (Å²) in [4.78, 5) is 13.5. The largest absolute Gasteiger partial charge is 0.388 e. The maximum atomic E-state index is 13.9. The maximum Gasteiger partial charge on any atom is 0.159 e. The van der Waals surface area contributed by atoms with Crippen LogP contribution in [-0.2, 0) is 4.74 Å². The molecule has 2 atom stereocenters. The lowest BCUT2D eigenvalue weighted by atomic mass is 9.85. The third-order valence-corrected chi connectivity index (χ3v) is 7.63. The summed E-state index contributed by atoms with van der Waals surface area (Å²) in [5.74, 6) is 2.39. The number of rotatable bonds is 4. The van der Waals surface area contributed by atoms with E-state index < -0.39 is 12.3 Å². The van der Waals surface area contributed by atoms with Crippen LogP contribution in [-0.4, -0.2) is 87.5 Å². The molecule has 0 saturated carbocycles. The van der Waals surface area contributed by atoms with E-state index >= 15 is 0 Å². The van der Waals surface area contributed by atoms with Crippen molar-refractivity contribution >= 4 is 16.7 Å². The maximum absolute atomic E-state index is 13.9. The molecule has 0 radical (unpaired) electrons. The highest BCUT2D eigenvalue weighted by Crippen LogP contribution is 2.34. The summed E-state index contributed by atoms with van der Waals surface area (Å²) < 4.78 is 21.2. The van der Waals surface area contributed by atoms with Crippen LogP contribution in [0.15, 0.2) is 24.4 Å². The van der Waals surface area contributed by atoms with Crippen LogP contribution in [0.25, 0.3) is 16.7 Å². The zero-order valence-electron chi connectivity index (χ0n) is 19.7. The number of alkyl halides is 1. The topological polar surface area (TPSA) is 79.5 Å². The van der Waals surface area contributed by atoms with Crippen LogP contribution < -0.4 is 4.90 Å². The van der Waals surface area contributed by atoms with E-state index in [0.29, 0.717) is 29.4 Å². The Morgan fingerprint density at radius 1 is 1.03 bits per heavy atom. The lowest BCUT2D eigenvalue weighted by Crippen LogP contribution is -2.51. The van der Waals surface area contributed by atoms with Gasteiger partial charge < -0.3 is 14.7 Å². The highest BCUT2D eigenvalue weighted by atomic mass is 19.1. The Morgan fingerprint density at radius 2 is 1.79 bits per heavy atom. The van der Waals surface area contributed by atoms with E-state index in [4.69, 9.17) is 4.74 Å². The minimum absolute atomic E-state index is 0.131. The number of aryl methyl sites for hydroxylation is 2. The van der Waals surface area contributed by atoms with Crippen LogP contribution in [0, 0.1) is 13.8 Å². The molecule has 0 bridgehead atoms. The average Bonchev–Trinajstić information content (AvgIpc) is 3.34. The van der Waals surface area contributed by atoms with E-state index in [1.165, 1.54) is 11.1 Å². The summed E-state index contributed by atoms with van der Waals surface area (Å²) in [7, 11) is 0. The van der Waals surface area contributed by atoms with Crippen LogP contribution in [0.3, 0.4) is 0 Å². The first kappa shape index (κ1) is 21.9. The first-order valence-electron chi connectivity index (χ1n) is 12.2. The van der Waals surface area contributed by atoms with Gasteiger partial charge in [-0.2, -0.15) is 5.10 Å². The second-order valence-electron chi connectivity index (χ2n) is 9.95. The molecule has 9 heteroatoms. The molecule has 5 heterocycles. The van der Waals surface area contributed by atoms with Crippen molar-refractivity contribution in [3.63, 3.8) is 0 Å². The molecule has 1 aromatic carbocycles. The molecule has 6 rings (SSSR count). The van der Waals surface area contributed by atoms with Gasteiger partial charge >= 0.3 is 0 Å². The molecule has 1 N–H and O–H groups in total. The Bertz CT molecular complexity index is 1190. The summed E-state index contributed by atoms with van der Waals surface area (Å²) in [6.07, 6.45) is 1.92. The third-order valence-electron chi connectivity index (χ3n) is 7.63. The summed E-state index contributed by atoms with van der Waals surface area (Å²) in [5, 5.41) is 15.6. The predicted octanol–water partition coefficient (Wildman–Crippen LogP) is 2.53. The van der Waals surface area contributed by atoms with Crippen LogP contribution in [0.4, 0.5) is 10.2 Å². The van der Waals surface area contributed by atoms with Gasteiger partial charge in [0.05, 0.1) is 37.5 Å². The zero-order valence-corrected chi connectivity index (χ0v) is 19.7. The molecule has 2 aromatic heterocycles. The minimum atomic E-state index is -1.27. The quantitative estimate of drug-likeness (QED) is 0.633. The number of aliphatic hydroxyl groups excluding tert-OH is 1. The Labute approximate surface area is 198 Å². The number of hydrogen-bond acceptors (Lipinski definition) is 7. The smallest absolute Gasteiger partial charge is 0.159 e. The van der Waals surface area contributed by atoms with Crippen molar-refractivity contribution in [2.75, 3.05) is 44.3 Å². The van der Waals surface area contributed by atoms with E-state index in [1.807, 2.05) is 23.9 Å². The molecule has 0 aliphatic carbocycles. The number of piperidine rings is 1. The van der Waals surface area contributed by atoms with Crippen LogP contribution in [0.5, 0.6) is 0 Å². The number of aromatic nitrogens is 4. The fourth-order valence-electron chi connectivity index (χ4n) is 5.58. The highest BCUT2D eigenvalue weighted by molar-refractivity contribution is 5.82. The van der Waals surface area contributed by atoms with Gasteiger partial charge in [-0.3, -0.25) is 4.90 Å². The van der Waals surface area contributed by atoms with Crippen molar-refractivity contribution in [3.8, 4) is 5.82 Å². The first-order valence-corrected chi connectivity index (χ1v) is 12.2. The molecular formula is C25H31FN6O2. The summed E-state index contributed by atoms with van der Waals surface area (Å²) in [6.45, 7) is 8.35. The molecule has 3 saturated heterocycles. The van der Waals surface area contributed by atoms with Gasteiger partial charge in [-0.1, -0.05) is 0 Å². The molecular weight excluding hydrogens is 435 g/mol. The Kier molecular flexibility index (Phi) is 5.50. The second-order valence-corrected chi connectivity index (χ2v) is 9.95. The molecule has 3 aliphatic rings. The van der Waals surface area contributed by atoms with Gasteiger partial charge in [0.1, 0.15) is 23.9 Å². The third kappa shape index (κ3) is 3.85. The Morgan fingerprint density at radius 3 is 2.47 bits per heavy atom. The van der Waals surface area contributed by atoms with Crippen molar-refractivity contribution in [1.82, 2.24) is 24.6 Å². The van der Waals surface area contributed by atoms with Crippen LogP contribution >= 0.6 is 0 Å². The number of anilines is 1. The van der Waals surface area contributed by atoms with Crippen molar-refractivity contribution in [2.24, 2.45) is 0 Å². The molecule has 3 aliphatic heterocycles. The number of β-amino-alcohol motifs (C(OH)–C–C–N with tert-alkyl or cyclic N) is 1. The number of halogens is 1. The number of likely N-dealkylation sites (tertiary alicyclic amines) is 1. The Hall–Kier alpha value is -2.62. The molecule has 34 heavy (non-hydrogen) atoms. The monoisotopic (exact) mass is 466 g/mol. The van der Waals surface area contributed by atoms with Crippen molar-refractivity contribution in [1.29, 1.82) is 0 Å². The molecule has 0 unspecified atom stereocenters. The average molecular weight is 467 g/mol. The van der Waals surface area contributed by atoms with Crippen molar-refractivity contribution in [2.45, 2.75) is 50.9 Å². The molecule has 3 aromatic rings. The molecule has 0 amide bonds. The van der Waals surface area contributed by atoms with Crippen LogP contribution in [0.2, 0.25) is 0 Å². The number of benzene rings is 1.